The van der Waals surface area contributed by atoms with E-state index in [9.17, 15) is 8.78 Å². The Bertz CT molecular complexity index is 600. The molecule has 0 aliphatic carbocycles. The summed E-state index contributed by atoms with van der Waals surface area (Å²) in [5, 5.41) is 9.98. The number of nitrogens with zero attached hydrogens (tertiary/aromatic N) is 2. The van der Waals surface area contributed by atoms with Gasteiger partial charge in [-0.3, -0.25) is 10.4 Å². The molecule has 0 saturated carbocycles. The van der Waals surface area contributed by atoms with E-state index in [0.717, 1.165) is 6.20 Å². The Kier molecular flexibility index (Phi) is 3.13. The molecule has 2 rings (SSSR count). The molecule has 0 aliphatic rings. The highest BCUT2D eigenvalue weighted by molar-refractivity contribution is 6.00. The first-order valence-electron chi connectivity index (χ1n) is 4.94. The van der Waals surface area contributed by atoms with Crippen molar-refractivity contribution in [3.05, 3.63) is 47.9 Å². The van der Waals surface area contributed by atoms with Crippen LogP contribution in [0, 0.1) is 17.0 Å². The molecule has 0 fully saturated rings. The van der Waals surface area contributed by atoms with Gasteiger partial charge < -0.3 is 11.1 Å². The summed E-state index contributed by atoms with van der Waals surface area (Å²) in [4.78, 5) is 7.41. The monoisotopic (exact) mass is 249 g/mol. The summed E-state index contributed by atoms with van der Waals surface area (Å²) in [5.74, 6) is -1.96. The van der Waals surface area contributed by atoms with Gasteiger partial charge in [0.1, 0.15) is 11.7 Å². The van der Waals surface area contributed by atoms with E-state index in [0.29, 0.717) is 17.3 Å². The average Bonchev–Trinajstić information content (AvgIpc) is 2.33. The molecule has 0 radical (unpaired) electrons. The van der Waals surface area contributed by atoms with Gasteiger partial charge in [0.2, 0.25) is 0 Å². The number of nitrogen functional groups attached to an aromatic ring is 1. The summed E-state index contributed by atoms with van der Waals surface area (Å²) in [6.07, 6.45) is 3.72. The Morgan fingerprint density at radius 3 is 2.78 bits per heavy atom. The molecule has 18 heavy (non-hydrogen) atoms. The molecule has 7 heteroatoms. The molecule has 0 bridgehead atoms. The van der Waals surface area contributed by atoms with Crippen molar-refractivity contribution in [1.82, 2.24) is 9.97 Å². The third-order valence-corrected chi connectivity index (χ3v) is 2.17. The Hall–Kier alpha value is -2.57. The highest BCUT2D eigenvalue weighted by Gasteiger charge is 2.10. The SMILES string of the molecule is N=C(N)c1ccncc1Nc1ncc(F)cc1F. The van der Waals surface area contributed by atoms with Crippen molar-refractivity contribution < 1.29 is 8.78 Å². The lowest BCUT2D eigenvalue weighted by Gasteiger charge is -2.10. The number of hydrogen-bond acceptors (Lipinski definition) is 4. The van der Waals surface area contributed by atoms with Crippen LogP contribution in [0.25, 0.3) is 0 Å². The summed E-state index contributed by atoms with van der Waals surface area (Å²) in [6.45, 7) is 0. The van der Waals surface area contributed by atoms with E-state index < -0.39 is 11.6 Å². The van der Waals surface area contributed by atoms with Gasteiger partial charge in [-0.2, -0.15) is 0 Å². The summed E-state index contributed by atoms with van der Waals surface area (Å²) < 4.78 is 26.1. The van der Waals surface area contributed by atoms with Crippen LogP contribution in [-0.4, -0.2) is 15.8 Å². The van der Waals surface area contributed by atoms with E-state index in [1.807, 2.05) is 0 Å². The molecular formula is C11H9F2N5. The second-order valence-electron chi connectivity index (χ2n) is 3.44. The van der Waals surface area contributed by atoms with Gasteiger partial charge in [-0.1, -0.05) is 0 Å². The zero-order valence-electron chi connectivity index (χ0n) is 9.11. The normalized spacial score (nSPS) is 10.1. The van der Waals surface area contributed by atoms with Crippen LogP contribution in [0.4, 0.5) is 20.3 Å². The Balaban J connectivity index is 2.37. The third kappa shape index (κ3) is 2.40. The molecule has 5 nitrogen and oxygen atoms in total. The van der Waals surface area contributed by atoms with Crippen LogP contribution >= 0.6 is 0 Å². The number of halogens is 2. The molecule has 0 aromatic carbocycles. The average molecular weight is 249 g/mol. The van der Waals surface area contributed by atoms with Crippen molar-refractivity contribution in [2.45, 2.75) is 0 Å². The van der Waals surface area contributed by atoms with E-state index in [2.05, 4.69) is 15.3 Å². The van der Waals surface area contributed by atoms with Crippen LogP contribution in [0.3, 0.4) is 0 Å². The van der Waals surface area contributed by atoms with Gasteiger partial charge >= 0.3 is 0 Å². The first-order chi connectivity index (χ1) is 8.58. The maximum atomic E-state index is 13.4. The molecule has 4 N–H and O–H groups in total. The van der Waals surface area contributed by atoms with Crippen molar-refractivity contribution in [2.75, 3.05) is 5.32 Å². The van der Waals surface area contributed by atoms with E-state index >= 15 is 0 Å². The maximum Gasteiger partial charge on any atom is 0.168 e. The van der Waals surface area contributed by atoms with Gasteiger partial charge in [-0.25, -0.2) is 13.8 Å². The first-order valence-corrected chi connectivity index (χ1v) is 4.94. The van der Waals surface area contributed by atoms with Crippen LogP contribution in [0.5, 0.6) is 0 Å². The molecule has 2 aromatic heterocycles. The van der Waals surface area contributed by atoms with Gasteiger partial charge in [0.05, 0.1) is 18.1 Å². The topological polar surface area (TPSA) is 87.7 Å². The lowest BCUT2D eigenvalue weighted by molar-refractivity contribution is 0.576. The zero-order valence-corrected chi connectivity index (χ0v) is 9.11. The zero-order chi connectivity index (χ0) is 13.1. The third-order valence-electron chi connectivity index (χ3n) is 2.17. The molecule has 2 aromatic rings. The van der Waals surface area contributed by atoms with Gasteiger partial charge in [-0.15, -0.1) is 0 Å². The standard InChI is InChI=1S/C11H9F2N5/c12-6-3-8(13)11(17-4-6)18-9-5-16-2-1-7(9)10(14)15/h1-5H,(H3,14,15)(H,17,18). The quantitative estimate of drug-likeness (QED) is 0.571. The van der Waals surface area contributed by atoms with Crippen molar-refractivity contribution >= 4 is 17.3 Å². The van der Waals surface area contributed by atoms with Crippen molar-refractivity contribution in [1.29, 1.82) is 5.41 Å². The maximum absolute atomic E-state index is 13.4. The molecule has 0 saturated heterocycles. The fraction of sp³-hybridized carbons (Fsp3) is 0. The largest absolute Gasteiger partial charge is 0.384 e. The smallest absolute Gasteiger partial charge is 0.168 e. The summed E-state index contributed by atoms with van der Waals surface area (Å²) in [6, 6.07) is 2.21. The van der Waals surface area contributed by atoms with Gasteiger partial charge in [0.15, 0.2) is 11.6 Å². The predicted molar refractivity (Wildman–Crippen MR) is 62.7 cm³/mol. The lowest BCUT2D eigenvalue weighted by Crippen LogP contribution is -2.14. The molecule has 92 valence electrons. The Morgan fingerprint density at radius 2 is 2.11 bits per heavy atom. The number of nitrogens with two attached hydrogens (primary N) is 1. The van der Waals surface area contributed by atoms with Crippen molar-refractivity contribution in [3.8, 4) is 0 Å². The highest BCUT2D eigenvalue weighted by Crippen LogP contribution is 2.20. The molecule has 0 atom stereocenters. The fourth-order valence-electron chi connectivity index (χ4n) is 1.36. The van der Waals surface area contributed by atoms with Crippen LogP contribution in [0.1, 0.15) is 5.56 Å². The minimum atomic E-state index is -0.839. The summed E-state index contributed by atoms with van der Waals surface area (Å²) >= 11 is 0. The van der Waals surface area contributed by atoms with E-state index in [4.69, 9.17) is 11.1 Å². The number of amidine groups is 1. The number of aromatic nitrogens is 2. The highest BCUT2D eigenvalue weighted by atomic mass is 19.1. The predicted octanol–water partition coefficient (Wildman–Crippen LogP) is 1.78. The number of hydrogen-bond donors (Lipinski definition) is 3. The Morgan fingerprint density at radius 1 is 1.33 bits per heavy atom. The number of pyridine rings is 2. The van der Waals surface area contributed by atoms with Crippen LogP contribution < -0.4 is 11.1 Å². The Labute approximate surface area is 101 Å². The molecule has 2 heterocycles. The molecule has 0 spiro atoms. The first kappa shape index (κ1) is 11.9. The summed E-state index contributed by atoms with van der Waals surface area (Å²) in [5.41, 5.74) is 6.05. The van der Waals surface area contributed by atoms with E-state index in [-0.39, 0.29) is 11.7 Å². The number of nitrogens with one attached hydrogen (secondary N) is 2. The second-order valence-corrected chi connectivity index (χ2v) is 3.44. The van der Waals surface area contributed by atoms with E-state index in [1.165, 1.54) is 18.5 Å². The molecule has 0 amide bonds. The van der Waals surface area contributed by atoms with Crippen LogP contribution in [0.2, 0.25) is 0 Å². The van der Waals surface area contributed by atoms with Crippen LogP contribution in [-0.2, 0) is 0 Å². The second kappa shape index (κ2) is 4.74. The molecule has 0 aliphatic heterocycles. The van der Waals surface area contributed by atoms with Crippen LogP contribution in [0.15, 0.2) is 30.7 Å². The van der Waals surface area contributed by atoms with Crippen molar-refractivity contribution in [2.24, 2.45) is 5.73 Å². The fourth-order valence-corrected chi connectivity index (χ4v) is 1.36. The number of rotatable bonds is 3. The van der Waals surface area contributed by atoms with Gasteiger partial charge in [0, 0.05) is 17.8 Å². The van der Waals surface area contributed by atoms with Crippen molar-refractivity contribution in [3.63, 3.8) is 0 Å². The lowest BCUT2D eigenvalue weighted by atomic mass is 10.2. The minimum absolute atomic E-state index is 0.160. The van der Waals surface area contributed by atoms with Gasteiger partial charge in [-0.05, 0) is 6.07 Å². The van der Waals surface area contributed by atoms with E-state index in [1.54, 1.807) is 0 Å². The number of anilines is 2. The molecule has 0 unspecified atom stereocenters. The molecular weight excluding hydrogens is 240 g/mol. The van der Waals surface area contributed by atoms with Gasteiger partial charge in [0.25, 0.3) is 0 Å². The minimum Gasteiger partial charge on any atom is -0.384 e. The summed E-state index contributed by atoms with van der Waals surface area (Å²) in [7, 11) is 0.